The van der Waals surface area contributed by atoms with Gasteiger partial charge in [-0.3, -0.25) is 9.59 Å². The first kappa shape index (κ1) is 22.7. The fourth-order valence-electron chi connectivity index (χ4n) is 3.90. The van der Waals surface area contributed by atoms with Gasteiger partial charge >= 0.3 is 0 Å². The largest absolute Gasteiger partial charge is 0.383 e. The number of carbonyl (C=O) groups excluding carboxylic acids is 2. The van der Waals surface area contributed by atoms with Gasteiger partial charge in [0.25, 0.3) is 11.8 Å². The molecule has 0 saturated carbocycles. The Balaban J connectivity index is 1.83. The fraction of sp³-hybridized carbons (Fsp3) is 0.478. The topological polar surface area (TPSA) is 87.7 Å². The van der Waals surface area contributed by atoms with Crippen LogP contribution in [0.5, 0.6) is 0 Å². The van der Waals surface area contributed by atoms with E-state index in [1.807, 2.05) is 49.9 Å². The van der Waals surface area contributed by atoms with E-state index in [1.54, 1.807) is 13.3 Å². The standard InChI is InChI=1S/C23H31N5O3/c1-15-10-16(2)12-18(11-15)22(30)28-8-6-17(14-28)20-19(21(29)24-7-9-31-5)13-25-23(26-20)27(3)4/h10-13,17H,6-9,14H2,1-5H3,(H,24,29). The van der Waals surface area contributed by atoms with Gasteiger partial charge in [0.15, 0.2) is 0 Å². The number of amides is 2. The monoisotopic (exact) mass is 425 g/mol. The molecule has 1 N–H and O–H groups in total. The number of benzene rings is 1. The second kappa shape index (κ2) is 9.87. The predicted octanol–water partition coefficient (Wildman–Crippen LogP) is 2.17. The van der Waals surface area contributed by atoms with Crippen molar-refractivity contribution in [2.24, 2.45) is 0 Å². The number of aromatic nitrogens is 2. The van der Waals surface area contributed by atoms with Crippen molar-refractivity contribution < 1.29 is 14.3 Å². The van der Waals surface area contributed by atoms with E-state index in [0.717, 1.165) is 17.5 Å². The first-order chi connectivity index (χ1) is 14.8. The van der Waals surface area contributed by atoms with E-state index in [9.17, 15) is 9.59 Å². The van der Waals surface area contributed by atoms with E-state index >= 15 is 0 Å². The average Bonchev–Trinajstić information content (AvgIpc) is 3.22. The van der Waals surface area contributed by atoms with Crippen LogP contribution in [0.2, 0.25) is 0 Å². The molecule has 1 saturated heterocycles. The minimum atomic E-state index is -0.226. The number of aryl methyl sites for hydroxylation is 2. The van der Waals surface area contributed by atoms with Crippen LogP contribution in [0.4, 0.5) is 5.95 Å². The number of likely N-dealkylation sites (tertiary alicyclic amines) is 1. The third-order valence-corrected chi connectivity index (χ3v) is 5.37. The zero-order chi connectivity index (χ0) is 22.5. The summed E-state index contributed by atoms with van der Waals surface area (Å²) in [6.07, 6.45) is 2.33. The number of hydrogen-bond acceptors (Lipinski definition) is 6. The minimum absolute atomic E-state index is 0.0160. The van der Waals surface area contributed by atoms with Gasteiger partial charge < -0.3 is 19.9 Å². The molecule has 1 aromatic carbocycles. The Morgan fingerprint density at radius 1 is 1.23 bits per heavy atom. The van der Waals surface area contributed by atoms with Gasteiger partial charge in [-0.05, 0) is 32.4 Å². The maximum atomic E-state index is 13.1. The van der Waals surface area contributed by atoms with E-state index in [1.165, 1.54) is 0 Å². The lowest BCUT2D eigenvalue weighted by Gasteiger charge is -2.19. The van der Waals surface area contributed by atoms with Gasteiger partial charge in [-0.1, -0.05) is 17.2 Å². The van der Waals surface area contributed by atoms with Crippen LogP contribution in [-0.4, -0.2) is 74.1 Å². The van der Waals surface area contributed by atoms with Crippen LogP contribution in [0.3, 0.4) is 0 Å². The van der Waals surface area contributed by atoms with Crippen molar-refractivity contribution in [2.45, 2.75) is 26.2 Å². The van der Waals surface area contributed by atoms with Gasteiger partial charge in [0.1, 0.15) is 0 Å². The Labute approximate surface area is 183 Å². The van der Waals surface area contributed by atoms with Gasteiger partial charge in [0.05, 0.1) is 17.9 Å². The lowest BCUT2D eigenvalue weighted by Crippen LogP contribution is -2.31. The average molecular weight is 426 g/mol. The Hall–Kier alpha value is -3.00. The summed E-state index contributed by atoms with van der Waals surface area (Å²) in [5.41, 5.74) is 3.98. The molecule has 1 aliphatic heterocycles. The number of nitrogens with one attached hydrogen (secondary N) is 1. The molecule has 1 fully saturated rings. The highest BCUT2D eigenvalue weighted by molar-refractivity contribution is 5.96. The molecule has 31 heavy (non-hydrogen) atoms. The van der Waals surface area contributed by atoms with E-state index in [2.05, 4.69) is 21.4 Å². The Bertz CT molecular complexity index is 940. The van der Waals surface area contributed by atoms with Gasteiger partial charge in [0, 0.05) is 58.5 Å². The van der Waals surface area contributed by atoms with Crippen LogP contribution in [0.15, 0.2) is 24.4 Å². The van der Waals surface area contributed by atoms with Gasteiger partial charge in [-0.15, -0.1) is 0 Å². The number of anilines is 1. The summed E-state index contributed by atoms with van der Waals surface area (Å²) in [6, 6.07) is 5.90. The molecule has 2 amide bonds. The molecule has 8 heteroatoms. The molecule has 0 bridgehead atoms. The zero-order valence-electron chi connectivity index (χ0n) is 18.9. The molecule has 1 aromatic heterocycles. The van der Waals surface area contributed by atoms with Crippen LogP contribution in [0.1, 0.15) is 49.9 Å². The van der Waals surface area contributed by atoms with Gasteiger partial charge in [-0.2, -0.15) is 0 Å². The Morgan fingerprint density at radius 2 is 1.94 bits per heavy atom. The molecule has 1 aliphatic rings. The van der Waals surface area contributed by atoms with Crippen LogP contribution in [0, 0.1) is 13.8 Å². The Morgan fingerprint density at radius 3 is 2.58 bits per heavy atom. The molecule has 0 aliphatic carbocycles. The fourth-order valence-corrected chi connectivity index (χ4v) is 3.90. The molecule has 166 valence electrons. The number of methoxy groups -OCH3 is 1. The highest BCUT2D eigenvalue weighted by atomic mass is 16.5. The van der Waals surface area contributed by atoms with Crippen molar-refractivity contribution in [2.75, 3.05) is 52.3 Å². The van der Waals surface area contributed by atoms with E-state index in [-0.39, 0.29) is 17.7 Å². The number of hydrogen-bond donors (Lipinski definition) is 1. The second-order valence-corrected chi connectivity index (χ2v) is 8.23. The summed E-state index contributed by atoms with van der Waals surface area (Å²) < 4.78 is 5.01. The minimum Gasteiger partial charge on any atom is -0.383 e. The zero-order valence-corrected chi connectivity index (χ0v) is 18.9. The van der Waals surface area contributed by atoms with Crippen molar-refractivity contribution in [3.8, 4) is 0 Å². The molecular weight excluding hydrogens is 394 g/mol. The van der Waals surface area contributed by atoms with Crippen molar-refractivity contribution >= 4 is 17.8 Å². The summed E-state index contributed by atoms with van der Waals surface area (Å²) in [4.78, 5) is 38.5. The normalized spacial score (nSPS) is 15.8. The van der Waals surface area contributed by atoms with Crippen molar-refractivity contribution in [3.05, 3.63) is 52.3 Å². The maximum absolute atomic E-state index is 13.1. The van der Waals surface area contributed by atoms with Crippen LogP contribution in [0.25, 0.3) is 0 Å². The van der Waals surface area contributed by atoms with Crippen molar-refractivity contribution in [1.29, 1.82) is 0 Å². The summed E-state index contributed by atoms with van der Waals surface area (Å²) in [7, 11) is 5.32. The number of ether oxygens (including phenoxy) is 1. The second-order valence-electron chi connectivity index (χ2n) is 8.23. The van der Waals surface area contributed by atoms with E-state index in [4.69, 9.17) is 4.74 Å². The molecule has 3 rings (SSSR count). The molecule has 1 atom stereocenters. The predicted molar refractivity (Wildman–Crippen MR) is 120 cm³/mol. The number of carbonyl (C=O) groups is 2. The molecular formula is C23H31N5O3. The summed E-state index contributed by atoms with van der Waals surface area (Å²) in [6.45, 7) is 5.98. The van der Waals surface area contributed by atoms with E-state index < -0.39 is 0 Å². The van der Waals surface area contributed by atoms with Crippen molar-refractivity contribution in [1.82, 2.24) is 20.2 Å². The summed E-state index contributed by atoms with van der Waals surface area (Å²) in [5.74, 6) is 0.306. The number of nitrogens with zero attached hydrogens (tertiary/aromatic N) is 4. The third-order valence-electron chi connectivity index (χ3n) is 5.37. The van der Waals surface area contributed by atoms with E-state index in [0.29, 0.717) is 49.0 Å². The van der Waals surface area contributed by atoms with Crippen LogP contribution < -0.4 is 10.2 Å². The molecule has 0 radical (unpaired) electrons. The lowest BCUT2D eigenvalue weighted by atomic mass is 9.99. The first-order valence-corrected chi connectivity index (χ1v) is 10.5. The van der Waals surface area contributed by atoms with Gasteiger partial charge in [0.2, 0.25) is 5.95 Å². The maximum Gasteiger partial charge on any atom is 0.254 e. The summed E-state index contributed by atoms with van der Waals surface area (Å²) >= 11 is 0. The SMILES string of the molecule is COCCNC(=O)c1cnc(N(C)C)nc1C1CCN(C(=O)c2cc(C)cc(C)c2)C1. The van der Waals surface area contributed by atoms with Crippen LogP contribution >= 0.6 is 0 Å². The van der Waals surface area contributed by atoms with Crippen LogP contribution in [-0.2, 0) is 4.74 Å². The quantitative estimate of drug-likeness (QED) is 0.684. The van der Waals surface area contributed by atoms with Gasteiger partial charge in [-0.25, -0.2) is 9.97 Å². The molecule has 2 aromatic rings. The smallest absolute Gasteiger partial charge is 0.254 e. The Kier molecular flexibility index (Phi) is 7.22. The highest BCUT2D eigenvalue weighted by Crippen LogP contribution is 2.30. The first-order valence-electron chi connectivity index (χ1n) is 10.5. The molecule has 0 spiro atoms. The molecule has 1 unspecified atom stereocenters. The molecule has 8 nitrogen and oxygen atoms in total. The highest BCUT2D eigenvalue weighted by Gasteiger charge is 2.32. The van der Waals surface area contributed by atoms with Crippen molar-refractivity contribution in [3.63, 3.8) is 0 Å². The molecule has 2 heterocycles. The third kappa shape index (κ3) is 5.38. The summed E-state index contributed by atoms with van der Waals surface area (Å²) in [5, 5.41) is 2.85. The number of rotatable bonds is 7. The lowest BCUT2D eigenvalue weighted by molar-refractivity contribution is 0.0790.